The van der Waals surface area contributed by atoms with Gasteiger partial charge in [-0.25, -0.2) is 0 Å². The molecule has 14 heavy (non-hydrogen) atoms. The molecular weight excluding hydrogens is 168 g/mol. The third-order valence-corrected chi connectivity index (χ3v) is 1.98. The minimum absolute atomic E-state index is 1.02. The molecule has 0 unspecified atom stereocenters. The van der Waals surface area contributed by atoms with E-state index in [4.69, 9.17) is 0 Å². The lowest BCUT2D eigenvalue weighted by atomic mass is 10.2. The lowest BCUT2D eigenvalue weighted by Gasteiger charge is -1.87. The highest BCUT2D eigenvalue weighted by atomic mass is 13.8. The lowest BCUT2D eigenvalue weighted by molar-refractivity contribution is 1.04. The fourth-order valence-electron chi connectivity index (χ4n) is 1.21. The number of hydrogen-bond acceptors (Lipinski definition) is 0. The Balaban J connectivity index is 2.45. The lowest BCUT2D eigenvalue weighted by Crippen LogP contribution is -1.66. The van der Waals surface area contributed by atoms with Gasteiger partial charge in [-0.2, -0.15) is 0 Å². The van der Waals surface area contributed by atoms with Crippen LogP contribution in [0.5, 0.6) is 0 Å². The van der Waals surface area contributed by atoms with E-state index >= 15 is 0 Å². The highest BCUT2D eigenvalue weighted by Gasteiger charge is 1.76. The molecule has 0 aromatic heterocycles. The molecule has 0 aromatic rings. The fourth-order valence-corrected chi connectivity index (χ4v) is 1.21. The van der Waals surface area contributed by atoms with Crippen molar-refractivity contribution in [2.24, 2.45) is 0 Å². The Hall–Kier alpha value is -1.30. The maximum atomic E-state index is 2.24. The molecule has 0 spiro atoms. The first-order chi connectivity index (χ1) is 7.00. The summed E-state index contributed by atoms with van der Waals surface area (Å²) in [5.41, 5.74) is 0. The van der Waals surface area contributed by atoms with Gasteiger partial charge in [0.25, 0.3) is 0 Å². The molecule has 0 heteroatoms. The molecule has 0 atom stereocenters. The zero-order chi connectivity index (χ0) is 9.90. The summed E-state index contributed by atoms with van der Waals surface area (Å²) in [6, 6.07) is 0. The van der Waals surface area contributed by atoms with E-state index in [2.05, 4.69) is 60.8 Å². The Morgan fingerprint density at radius 1 is 0.429 bits per heavy atom. The number of rotatable bonds is 0. The van der Waals surface area contributed by atoms with E-state index in [1.807, 2.05) is 0 Å². The molecule has 0 nitrogen and oxygen atoms in total. The summed E-state index contributed by atoms with van der Waals surface area (Å²) in [6.07, 6.45) is 26.0. The zero-order valence-corrected chi connectivity index (χ0v) is 8.60. The van der Waals surface area contributed by atoms with Gasteiger partial charge >= 0.3 is 0 Å². The third kappa shape index (κ3) is 6.24. The van der Waals surface area contributed by atoms with Gasteiger partial charge in [-0.05, 0) is 25.7 Å². The first-order valence-electron chi connectivity index (χ1n) is 5.28. The van der Waals surface area contributed by atoms with Crippen molar-refractivity contribution in [3.05, 3.63) is 60.8 Å². The smallest absolute Gasteiger partial charge is 0.0163 e. The molecule has 0 aromatic carbocycles. The van der Waals surface area contributed by atoms with Gasteiger partial charge in [0.05, 0.1) is 0 Å². The molecule has 0 bridgehead atoms. The summed E-state index contributed by atoms with van der Waals surface area (Å²) in [5.74, 6) is 0. The second kappa shape index (κ2) is 8.31. The van der Waals surface area contributed by atoms with Crippen LogP contribution in [0.25, 0.3) is 0 Å². The van der Waals surface area contributed by atoms with Gasteiger partial charge in [-0.15, -0.1) is 0 Å². The minimum Gasteiger partial charge on any atom is -0.0879 e. The molecule has 0 aliphatic heterocycles. The van der Waals surface area contributed by atoms with Crippen molar-refractivity contribution < 1.29 is 0 Å². The highest BCUT2D eigenvalue weighted by Crippen LogP contribution is 1.97. The second-order valence-corrected chi connectivity index (χ2v) is 3.23. The van der Waals surface area contributed by atoms with E-state index < -0.39 is 0 Å². The maximum Gasteiger partial charge on any atom is -0.0163 e. The molecule has 0 fully saturated rings. The molecular formula is C14H18. The standard InChI is InChI=1S/C14H18/c1-2-4-6-8-10-12-14-13-11-9-7-5-3-1/h1-4,7-11,13H,5-6,12,14H2/b3-1-,4-2+,9-7?,10-8+,13-11?. The van der Waals surface area contributed by atoms with E-state index in [-0.39, 0.29) is 0 Å². The van der Waals surface area contributed by atoms with E-state index in [9.17, 15) is 0 Å². The summed E-state index contributed by atoms with van der Waals surface area (Å²) in [7, 11) is 0. The van der Waals surface area contributed by atoms with Crippen molar-refractivity contribution in [3.8, 4) is 0 Å². The van der Waals surface area contributed by atoms with Gasteiger partial charge in [0.2, 0.25) is 0 Å². The van der Waals surface area contributed by atoms with Gasteiger partial charge in [0.15, 0.2) is 0 Å². The quantitative estimate of drug-likeness (QED) is 0.494. The molecule has 0 radical (unpaired) electrons. The van der Waals surface area contributed by atoms with Crippen LogP contribution in [-0.4, -0.2) is 0 Å². The minimum atomic E-state index is 1.02. The first-order valence-corrected chi connectivity index (χ1v) is 5.28. The first kappa shape index (κ1) is 10.8. The van der Waals surface area contributed by atoms with Crippen LogP contribution >= 0.6 is 0 Å². The monoisotopic (exact) mass is 186 g/mol. The van der Waals surface area contributed by atoms with Crippen LogP contribution in [-0.2, 0) is 0 Å². The Labute approximate surface area is 87.0 Å². The molecule has 0 saturated carbocycles. The maximum absolute atomic E-state index is 2.24. The van der Waals surface area contributed by atoms with Gasteiger partial charge in [-0.1, -0.05) is 60.8 Å². The number of allylic oxidation sites excluding steroid dienone is 10. The Bertz CT molecular complexity index is 262. The van der Waals surface area contributed by atoms with Crippen molar-refractivity contribution in [1.29, 1.82) is 0 Å². The van der Waals surface area contributed by atoms with Crippen LogP contribution in [0.4, 0.5) is 0 Å². The second-order valence-electron chi connectivity index (χ2n) is 3.23. The van der Waals surface area contributed by atoms with E-state index in [1.165, 1.54) is 0 Å². The molecule has 1 rings (SSSR count). The predicted molar refractivity (Wildman–Crippen MR) is 64.2 cm³/mol. The van der Waals surface area contributed by atoms with Crippen LogP contribution in [0, 0.1) is 0 Å². The summed E-state index contributed by atoms with van der Waals surface area (Å²) in [4.78, 5) is 0. The Morgan fingerprint density at radius 2 is 0.929 bits per heavy atom. The van der Waals surface area contributed by atoms with E-state index in [0.29, 0.717) is 0 Å². The average Bonchev–Trinajstić information content (AvgIpc) is 2.22. The molecule has 1 aliphatic carbocycles. The third-order valence-electron chi connectivity index (χ3n) is 1.98. The van der Waals surface area contributed by atoms with Gasteiger partial charge < -0.3 is 0 Å². The SMILES string of the molecule is C1=CC/C=C\C=C\C/C=C/CCC=C1. The molecule has 0 heterocycles. The summed E-state index contributed by atoms with van der Waals surface area (Å²) in [6.45, 7) is 0. The normalized spacial score (nSPS) is 25.1. The topological polar surface area (TPSA) is 0 Å². The molecule has 74 valence electrons. The van der Waals surface area contributed by atoms with Crippen LogP contribution in [0.1, 0.15) is 25.7 Å². The van der Waals surface area contributed by atoms with Gasteiger partial charge in [0.1, 0.15) is 0 Å². The molecule has 0 saturated heterocycles. The van der Waals surface area contributed by atoms with Crippen molar-refractivity contribution in [2.75, 3.05) is 0 Å². The largest absolute Gasteiger partial charge is 0.0879 e. The molecule has 1 aliphatic rings. The van der Waals surface area contributed by atoms with Crippen molar-refractivity contribution >= 4 is 0 Å². The highest BCUT2D eigenvalue weighted by molar-refractivity contribution is 5.10. The van der Waals surface area contributed by atoms with Crippen LogP contribution < -0.4 is 0 Å². The van der Waals surface area contributed by atoms with Crippen molar-refractivity contribution in [1.82, 2.24) is 0 Å². The van der Waals surface area contributed by atoms with E-state index in [0.717, 1.165) is 25.7 Å². The fraction of sp³-hybridized carbons (Fsp3) is 0.286. The van der Waals surface area contributed by atoms with Crippen LogP contribution in [0.2, 0.25) is 0 Å². The molecule has 0 amide bonds. The van der Waals surface area contributed by atoms with Gasteiger partial charge in [0, 0.05) is 0 Å². The Kier molecular flexibility index (Phi) is 6.39. The summed E-state index contributed by atoms with van der Waals surface area (Å²) < 4.78 is 0. The number of hydrogen-bond donors (Lipinski definition) is 0. The van der Waals surface area contributed by atoms with Crippen LogP contribution in [0.15, 0.2) is 60.8 Å². The van der Waals surface area contributed by atoms with Crippen molar-refractivity contribution in [3.63, 3.8) is 0 Å². The average molecular weight is 186 g/mol. The Morgan fingerprint density at radius 3 is 1.64 bits per heavy atom. The van der Waals surface area contributed by atoms with E-state index in [1.54, 1.807) is 0 Å². The summed E-state index contributed by atoms with van der Waals surface area (Å²) >= 11 is 0. The predicted octanol–water partition coefficient (Wildman–Crippen LogP) is 4.34. The summed E-state index contributed by atoms with van der Waals surface area (Å²) in [5, 5.41) is 0. The van der Waals surface area contributed by atoms with Crippen molar-refractivity contribution in [2.45, 2.75) is 25.7 Å². The zero-order valence-electron chi connectivity index (χ0n) is 8.60. The molecule has 0 N–H and O–H groups in total. The van der Waals surface area contributed by atoms with Crippen LogP contribution in [0.3, 0.4) is 0 Å². The van der Waals surface area contributed by atoms with Gasteiger partial charge in [-0.3, -0.25) is 0 Å².